The Morgan fingerprint density at radius 1 is 1.53 bits per heavy atom. The number of rotatable bonds is 8. The number of methoxy groups -OCH3 is 1. The maximum Gasteiger partial charge on any atom is 0.242 e. The predicted octanol–water partition coefficient (Wildman–Crippen LogP) is 1.79. The van der Waals surface area contributed by atoms with E-state index in [1.54, 1.807) is 13.2 Å². The molecule has 8 heteroatoms. The normalized spacial score (nSPS) is 13.7. The van der Waals surface area contributed by atoms with Crippen molar-refractivity contribution >= 4 is 37.3 Å². The van der Waals surface area contributed by atoms with Crippen LogP contribution in [-0.4, -0.2) is 35.7 Å². The van der Waals surface area contributed by atoms with Crippen LogP contribution < -0.4 is 10.0 Å². The van der Waals surface area contributed by atoms with Crippen LogP contribution in [0.3, 0.4) is 0 Å². The number of ether oxygens (including phenoxy) is 1. The van der Waals surface area contributed by atoms with Gasteiger partial charge in [0.1, 0.15) is 4.90 Å². The van der Waals surface area contributed by atoms with Crippen LogP contribution in [-0.2, 0) is 21.3 Å². The van der Waals surface area contributed by atoms with Crippen molar-refractivity contribution in [2.75, 3.05) is 27.3 Å². The highest BCUT2D eigenvalue weighted by Crippen LogP contribution is 2.31. The molecule has 5 nitrogen and oxygen atoms in total. The molecular weight excluding hydrogens is 352 g/mol. The molecule has 0 amide bonds. The van der Waals surface area contributed by atoms with E-state index in [-0.39, 0.29) is 5.92 Å². The van der Waals surface area contributed by atoms with Gasteiger partial charge in [-0.3, -0.25) is 0 Å². The first-order valence-electron chi connectivity index (χ1n) is 5.82. The van der Waals surface area contributed by atoms with Crippen molar-refractivity contribution in [3.63, 3.8) is 0 Å². The van der Waals surface area contributed by atoms with Crippen LogP contribution in [0.1, 0.15) is 11.8 Å². The average molecular weight is 371 g/mol. The molecule has 0 radical (unpaired) electrons. The van der Waals surface area contributed by atoms with Gasteiger partial charge in [0.2, 0.25) is 10.0 Å². The number of hydrogen-bond donors (Lipinski definition) is 2. The first-order valence-corrected chi connectivity index (χ1v) is 8.91. The third-order valence-electron chi connectivity index (χ3n) is 2.42. The Bertz CT molecular complexity index is 502. The van der Waals surface area contributed by atoms with E-state index in [9.17, 15) is 8.42 Å². The Labute approximate surface area is 126 Å². The second-order valence-corrected chi connectivity index (χ2v) is 8.48. The van der Waals surface area contributed by atoms with Crippen LogP contribution in [0.5, 0.6) is 0 Å². The van der Waals surface area contributed by atoms with E-state index >= 15 is 0 Å². The molecule has 110 valence electrons. The molecule has 0 aliphatic carbocycles. The minimum absolute atomic E-state index is 0.133. The Balaban J connectivity index is 2.76. The van der Waals surface area contributed by atoms with Crippen molar-refractivity contribution in [3.8, 4) is 0 Å². The topological polar surface area (TPSA) is 67.4 Å². The number of sulfonamides is 1. The Morgan fingerprint density at radius 3 is 2.79 bits per heavy atom. The summed E-state index contributed by atoms with van der Waals surface area (Å²) in [6, 6.07) is 1.69. The maximum atomic E-state index is 12.2. The molecule has 0 bridgehead atoms. The molecule has 2 N–H and O–H groups in total. The van der Waals surface area contributed by atoms with E-state index in [1.807, 2.05) is 14.0 Å². The quantitative estimate of drug-likeness (QED) is 0.731. The molecule has 1 aromatic heterocycles. The first-order chi connectivity index (χ1) is 8.90. The largest absolute Gasteiger partial charge is 0.384 e. The Morgan fingerprint density at radius 2 is 2.21 bits per heavy atom. The summed E-state index contributed by atoms with van der Waals surface area (Å²) in [6.45, 7) is 3.47. The molecule has 0 aliphatic rings. The Hall–Kier alpha value is 0.01000. The third-order valence-corrected chi connectivity index (χ3v) is 6.10. The average Bonchev–Trinajstić information content (AvgIpc) is 2.70. The number of nitrogens with one attached hydrogen (secondary N) is 2. The van der Waals surface area contributed by atoms with Gasteiger partial charge in [-0.2, -0.15) is 0 Å². The summed E-state index contributed by atoms with van der Waals surface area (Å²) in [5.41, 5.74) is 0. The van der Waals surface area contributed by atoms with Gasteiger partial charge in [0.05, 0.1) is 3.79 Å². The summed E-state index contributed by atoms with van der Waals surface area (Å²) in [5, 5.41) is 3.00. The first kappa shape index (κ1) is 17.1. The highest BCUT2D eigenvalue weighted by molar-refractivity contribution is 9.11. The minimum Gasteiger partial charge on any atom is -0.384 e. The molecule has 1 unspecified atom stereocenters. The summed E-state index contributed by atoms with van der Waals surface area (Å²) in [7, 11) is -0.0441. The van der Waals surface area contributed by atoms with Crippen LogP contribution in [0, 0.1) is 5.92 Å². The smallest absolute Gasteiger partial charge is 0.242 e. The fourth-order valence-electron chi connectivity index (χ4n) is 1.52. The van der Waals surface area contributed by atoms with Gasteiger partial charge in [-0.15, -0.1) is 11.3 Å². The maximum absolute atomic E-state index is 12.2. The van der Waals surface area contributed by atoms with Crippen molar-refractivity contribution in [1.29, 1.82) is 0 Å². The summed E-state index contributed by atoms with van der Waals surface area (Å²) in [4.78, 5) is 1.27. The number of hydrogen-bond acceptors (Lipinski definition) is 5. The lowest BCUT2D eigenvalue weighted by molar-refractivity contribution is 0.161. The molecule has 0 saturated heterocycles. The zero-order valence-electron chi connectivity index (χ0n) is 11.2. The van der Waals surface area contributed by atoms with Gasteiger partial charge in [-0.1, -0.05) is 6.92 Å². The van der Waals surface area contributed by atoms with Crippen LogP contribution in [0.2, 0.25) is 0 Å². The molecule has 1 atom stereocenters. The van der Waals surface area contributed by atoms with Crippen molar-refractivity contribution in [2.45, 2.75) is 18.4 Å². The van der Waals surface area contributed by atoms with Crippen molar-refractivity contribution < 1.29 is 13.2 Å². The van der Waals surface area contributed by atoms with E-state index in [2.05, 4.69) is 26.0 Å². The predicted molar refractivity (Wildman–Crippen MR) is 81.0 cm³/mol. The van der Waals surface area contributed by atoms with Crippen LogP contribution in [0.4, 0.5) is 0 Å². The molecule has 0 aromatic carbocycles. The fraction of sp³-hybridized carbons (Fsp3) is 0.636. The van der Waals surface area contributed by atoms with Crippen molar-refractivity contribution in [2.24, 2.45) is 5.92 Å². The monoisotopic (exact) mass is 370 g/mol. The van der Waals surface area contributed by atoms with Crippen LogP contribution in [0.15, 0.2) is 14.7 Å². The van der Waals surface area contributed by atoms with E-state index in [4.69, 9.17) is 4.74 Å². The summed E-state index contributed by atoms with van der Waals surface area (Å²) in [6.07, 6.45) is 0. The molecular formula is C11H19BrN2O3S2. The van der Waals surface area contributed by atoms with Crippen LogP contribution >= 0.6 is 27.3 Å². The summed E-state index contributed by atoms with van der Waals surface area (Å²) < 4.78 is 32.6. The summed E-state index contributed by atoms with van der Waals surface area (Å²) in [5.74, 6) is 0.133. The van der Waals surface area contributed by atoms with Gasteiger partial charge >= 0.3 is 0 Å². The second kappa shape index (κ2) is 7.70. The highest BCUT2D eigenvalue weighted by atomic mass is 79.9. The highest BCUT2D eigenvalue weighted by Gasteiger charge is 2.21. The molecule has 1 rings (SSSR count). The molecule has 1 heterocycles. The van der Waals surface area contributed by atoms with Crippen molar-refractivity contribution in [3.05, 3.63) is 14.7 Å². The summed E-state index contributed by atoms with van der Waals surface area (Å²) >= 11 is 4.73. The molecule has 0 fully saturated rings. The van der Waals surface area contributed by atoms with Gasteiger partial charge in [0.25, 0.3) is 0 Å². The lowest BCUT2D eigenvalue weighted by atomic mass is 10.2. The minimum atomic E-state index is -3.47. The van der Waals surface area contributed by atoms with Gasteiger partial charge in [-0.25, -0.2) is 13.1 Å². The van der Waals surface area contributed by atoms with Crippen LogP contribution in [0.25, 0.3) is 0 Å². The molecule has 0 spiro atoms. The second-order valence-electron chi connectivity index (χ2n) is 4.29. The standard InChI is InChI=1S/C11H19BrN2O3S2/c1-8(7-17-3)5-14-19(15,16)10-4-9(6-13-2)18-11(10)12/h4,8,13-14H,5-7H2,1-3H3. The fourth-order valence-corrected chi connectivity index (χ4v) is 5.37. The molecule has 1 aromatic rings. The number of thiophene rings is 1. The van der Waals surface area contributed by atoms with E-state index in [0.29, 0.717) is 28.4 Å². The van der Waals surface area contributed by atoms with E-state index in [0.717, 1.165) is 4.88 Å². The zero-order valence-corrected chi connectivity index (χ0v) is 14.4. The lowest BCUT2D eigenvalue weighted by Gasteiger charge is -2.11. The van der Waals surface area contributed by atoms with Gasteiger partial charge in [0.15, 0.2) is 0 Å². The van der Waals surface area contributed by atoms with Crippen molar-refractivity contribution in [1.82, 2.24) is 10.0 Å². The van der Waals surface area contributed by atoms with Gasteiger partial charge in [-0.05, 0) is 35.0 Å². The number of halogens is 1. The zero-order chi connectivity index (χ0) is 14.5. The molecule has 0 aliphatic heterocycles. The third kappa shape index (κ3) is 5.13. The van der Waals surface area contributed by atoms with Gasteiger partial charge < -0.3 is 10.1 Å². The van der Waals surface area contributed by atoms with E-state index < -0.39 is 10.0 Å². The van der Waals surface area contributed by atoms with E-state index in [1.165, 1.54) is 11.3 Å². The van der Waals surface area contributed by atoms with Gasteiger partial charge in [0, 0.05) is 31.7 Å². The Kier molecular flexibility index (Phi) is 6.92. The molecule has 0 saturated carbocycles. The SMILES string of the molecule is CNCc1cc(S(=O)(=O)NCC(C)COC)c(Br)s1. The molecule has 19 heavy (non-hydrogen) atoms. The lowest BCUT2D eigenvalue weighted by Crippen LogP contribution is -2.30.